The summed E-state index contributed by atoms with van der Waals surface area (Å²) in [6, 6.07) is 8.38. The third-order valence-corrected chi connectivity index (χ3v) is 2.78. The summed E-state index contributed by atoms with van der Waals surface area (Å²) >= 11 is 0. The van der Waals surface area contributed by atoms with Crippen molar-refractivity contribution in [3.05, 3.63) is 53.3 Å². The third-order valence-electron chi connectivity index (χ3n) is 1.68. The van der Waals surface area contributed by atoms with Crippen LogP contribution in [-0.2, 0) is 10.1 Å². The Labute approximate surface area is 112 Å². The van der Waals surface area contributed by atoms with E-state index in [1.54, 1.807) is 30.3 Å². The second-order valence-corrected chi connectivity index (χ2v) is 4.31. The molecule has 0 aliphatic rings. The van der Waals surface area contributed by atoms with Gasteiger partial charge in [-0.3, -0.25) is 4.55 Å². The van der Waals surface area contributed by atoms with E-state index in [1.807, 2.05) is 0 Å². The predicted octanol–water partition coefficient (Wildman–Crippen LogP) is -0.965. The first kappa shape index (κ1) is 14.7. The third kappa shape index (κ3) is 4.01. The fourth-order valence-corrected chi connectivity index (χ4v) is 2.08. The maximum Gasteiger partial charge on any atom is 1.00 e. The monoisotopic (exact) mass is 234 g/mol. The van der Waals surface area contributed by atoms with E-state index in [9.17, 15) is 8.42 Å². The molecule has 0 aliphatic heterocycles. The van der Waals surface area contributed by atoms with Gasteiger partial charge in [0.2, 0.25) is 0 Å². The Balaban J connectivity index is 0.00000196. The minimum Gasteiger partial charge on any atom is -0.289 e. The van der Waals surface area contributed by atoms with E-state index < -0.39 is 10.1 Å². The fourth-order valence-electron chi connectivity index (χ4n) is 1.21. The molecule has 0 radical (unpaired) electrons. The Morgan fingerprint density at radius 3 is 2.13 bits per heavy atom. The summed E-state index contributed by atoms with van der Waals surface area (Å²) in [6.45, 7) is 5.06. The van der Waals surface area contributed by atoms with Crippen molar-refractivity contribution in [3.63, 3.8) is 0 Å². The summed E-state index contributed by atoms with van der Waals surface area (Å²) in [5.74, 6) is 0. The van der Waals surface area contributed by atoms with Gasteiger partial charge in [-0.05, 0) is 0 Å². The van der Waals surface area contributed by atoms with Crippen molar-refractivity contribution in [1.29, 1.82) is 0 Å². The van der Waals surface area contributed by atoms with Gasteiger partial charge in [0, 0.05) is 5.25 Å². The topological polar surface area (TPSA) is 54.4 Å². The van der Waals surface area contributed by atoms with Crippen molar-refractivity contribution in [1.82, 2.24) is 0 Å². The van der Waals surface area contributed by atoms with Crippen LogP contribution in [0.25, 0.3) is 0 Å². The molecule has 0 atom stereocenters. The molecule has 0 aliphatic carbocycles. The average Bonchev–Trinajstić information content (AvgIpc) is 2.02. The Morgan fingerprint density at radius 2 is 1.80 bits per heavy atom. The van der Waals surface area contributed by atoms with Gasteiger partial charge < -0.3 is 0 Å². The zero-order valence-corrected chi connectivity index (χ0v) is 11.6. The van der Waals surface area contributed by atoms with E-state index in [4.69, 9.17) is 4.55 Å². The first-order valence-electron chi connectivity index (χ1n) is 3.98. The van der Waals surface area contributed by atoms with E-state index in [0.29, 0.717) is 11.1 Å². The molecule has 5 heteroatoms. The van der Waals surface area contributed by atoms with E-state index >= 15 is 0 Å². The Bertz CT molecular complexity index is 425. The minimum absolute atomic E-state index is 0. The van der Waals surface area contributed by atoms with Crippen LogP contribution >= 0.6 is 0 Å². The van der Waals surface area contributed by atoms with Crippen LogP contribution in [0.15, 0.2) is 42.5 Å². The second-order valence-electron chi connectivity index (χ2n) is 2.95. The van der Waals surface area contributed by atoms with Crippen LogP contribution in [0.2, 0.25) is 0 Å². The van der Waals surface area contributed by atoms with Gasteiger partial charge in [-0.15, -0.1) is 35.4 Å². The molecule has 1 N–H and O–H groups in total. The van der Waals surface area contributed by atoms with E-state index in [1.165, 1.54) is 6.92 Å². The minimum atomic E-state index is -4.20. The van der Waals surface area contributed by atoms with Gasteiger partial charge in [-0.25, -0.2) is 8.42 Å². The summed E-state index contributed by atoms with van der Waals surface area (Å²) in [5, 5.41) is -0.127. The Hall–Kier alpha value is -0.260. The van der Waals surface area contributed by atoms with Crippen LogP contribution < -0.4 is 29.6 Å². The summed E-state index contributed by atoms with van der Waals surface area (Å²) in [7, 11) is -4.20. The molecule has 1 aromatic carbocycles. The molecule has 0 spiro atoms. The number of hydrogen-bond acceptors (Lipinski definition) is 2. The van der Waals surface area contributed by atoms with Gasteiger partial charge in [-0.2, -0.15) is 6.58 Å². The largest absolute Gasteiger partial charge is 1.00 e. The molecule has 3 nitrogen and oxygen atoms in total. The van der Waals surface area contributed by atoms with E-state index in [-0.39, 0.29) is 34.8 Å². The Morgan fingerprint density at radius 1 is 1.33 bits per heavy atom. The van der Waals surface area contributed by atoms with Crippen LogP contribution in [0, 0.1) is 5.25 Å². The zero-order valence-electron chi connectivity index (χ0n) is 8.77. The molecule has 0 saturated heterocycles. The molecule has 15 heavy (non-hydrogen) atoms. The van der Waals surface area contributed by atoms with Crippen LogP contribution in [0.3, 0.4) is 0 Å². The summed E-state index contributed by atoms with van der Waals surface area (Å²) in [4.78, 5) is 0. The smallest absolute Gasteiger partial charge is 0.289 e. The van der Waals surface area contributed by atoms with Crippen LogP contribution in [-0.4, -0.2) is 13.0 Å². The van der Waals surface area contributed by atoms with E-state index in [2.05, 4.69) is 6.58 Å². The SMILES string of the molecule is C=C(C)[C-](c1ccccc1)S(=O)(=O)O.[Na+]. The molecule has 0 saturated carbocycles. The number of hydrogen-bond donors (Lipinski definition) is 1. The first-order valence-corrected chi connectivity index (χ1v) is 5.42. The molecular weight excluding hydrogens is 223 g/mol. The molecule has 0 heterocycles. The van der Waals surface area contributed by atoms with Gasteiger partial charge in [0.1, 0.15) is 0 Å². The van der Waals surface area contributed by atoms with Crippen molar-refractivity contribution in [2.75, 3.05) is 0 Å². The molecule has 0 amide bonds. The van der Waals surface area contributed by atoms with Gasteiger partial charge in [0.05, 0.1) is 0 Å². The van der Waals surface area contributed by atoms with Crippen molar-refractivity contribution in [2.45, 2.75) is 6.92 Å². The predicted molar refractivity (Wildman–Crippen MR) is 55.1 cm³/mol. The van der Waals surface area contributed by atoms with Gasteiger partial charge >= 0.3 is 29.6 Å². The standard InChI is InChI=1S/C10H11O3S.Na/c1-8(2)10(14(11,12)13)9-6-4-3-5-7-9;/h3-7H,1H2,2H3,(H,11,12,13);/q-1;+1. The first-order chi connectivity index (χ1) is 6.43. The van der Waals surface area contributed by atoms with Gasteiger partial charge in [-0.1, -0.05) is 13.0 Å². The molecule has 0 fully saturated rings. The molecule has 1 rings (SSSR count). The summed E-state index contributed by atoms with van der Waals surface area (Å²) < 4.78 is 31.0. The van der Waals surface area contributed by atoms with Gasteiger partial charge in [0.15, 0.2) is 0 Å². The summed E-state index contributed by atoms with van der Waals surface area (Å²) in [6.07, 6.45) is 0. The van der Waals surface area contributed by atoms with Crippen molar-refractivity contribution >= 4 is 10.1 Å². The Kier molecular flexibility index (Phi) is 5.62. The quantitative estimate of drug-likeness (QED) is 0.416. The number of benzene rings is 1. The molecule has 0 aromatic heterocycles. The van der Waals surface area contributed by atoms with Crippen molar-refractivity contribution < 1.29 is 42.5 Å². The molecule has 76 valence electrons. The second kappa shape index (κ2) is 5.72. The normalized spacial score (nSPS) is 10.3. The van der Waals surface area contributed by atoms with Crippen LogP contribution in [0.1, 0.15) is 12.5 Å². The van der Waals surface area contributed by atoms with Crippen LogP contribution in [0.4, 0.5) is 0 Å². The summed E-state index contributed by atoms with van der Waals surface area (Å²) in [5.41, 5.74) is 0.765. The molecular formula is C10H11NaO3S. The van der Waals surface area contributed by atoms with Crippen molar-refractivity contribution in [2.24, 2.45) is 0 Å². The maximum absolute atomic E-state index is 11.0. The molecule has 0 unspecified atom stereocenters. The molecule has 0 bridgehead atoms. The fraction of sp³-hybridized carbons (Fsp3) is 0.100. The van der Waals surface area contributed by atoms with E-state index in [0.717, 1.165) is 0 Å². The average molecular weight is 234 g/mol. The maximum atomic E-state index is 11.0. The van der Waals surface area contributed by atoms with Crippen LogP contribution in [0.5, 0.6) is 0 Å². The van der Waals surface area contributed by atoms with Gasteiger partial charge in [0.25, 0.3) is 10.1 Å². The van der Waals surface area contributed by atoms with Crippen molar-refractivity contribution in [3.8, 4) is 0 Å². The number of rotatable bonds is 3. The zero-order chi connectivity index (χ0) is 10.8. The molecule has 1 aromatic rings.